The fraction of sp³-hybridized carbons (Fsp3) is 0.158. The van der Waals surface area contributed by atoms with Gasteiger partial charge in [-0.15, -0.1) is 0 Å². The molecule has 0 aliphatic rings. The highest BCUT2D eigenvalue weighted by molar-refractivity contribution is 6.42. The Kier molecular flexibility index (Phi) is 5.96. The van der Waals surface area contributed by atoms with Crippen molar-refractivity contribution in [3.63, 3.8) is 0 Å². The van der Waals surface area contributed by atoms with Gasteiger partial charge in [0.25, 0.3) is 0 Å². The van der Waals surface area contributed by atoms with E-state index in [1.807, 2.05) is 0 Å². The van der Waals surface area contributed by atoms with Crippen LogP contribution in [0.1, 0.15) is 17.5 Å². The monoisotopic (exact) mass is 428 g/mol. The van der Waals surface area contributed by atoms with E-state index in [-0.39, 0.29) is 12.3 Å². The van der Waals surface area contributed by atoms with Gasteiger partial charge in [-0.1, -0.05) is 40.5 Å². The van der Waals surface area contributed by atoms with Crippen molar-refractivity contribution in [2.75, 3.05) is 5.32 Å². The minimum atomic E-state index is -4.41. The summed E-state index contributed by atoms with van der Waals surface area (Å²) in [4.78, 5) is 12.1. The van der Waals surface area contributed by atoms with Gasteiger partial charge in [0.05, 0.1) is 21.8 Å². The number of halogens is 5. The first-order chi connectivity index (χ1) is 13.2. The predicted molar refractivity (Wildman–Crippen MR) is 100 cm³/mol. The SMILES string of the molecule is O=C(CCc1cnoc1-c1ccc(C(F)(F)F)cc1)Nc1ccc(Cl)c(Cl)c1. The molecule has 1 heterocycles. The molecule has 0 saturated heterocycles. The fourth-order valence-corrected chi connectivity index (χ4v) is 2.83. The Morgan fingerprint density at radius 2 is 1.79 bits per heavy atom. The van der Waals surface area contributed by atoms with Gasteiger partial charge in [-0.25, -0.2) is 0 Å². The number of aromatic nitrogens is 1. The van der Waals surface area contributed by atoms with Gasteiger partial charge >= 0.3 is 6.18 Å². The lowest BCUT2D eigenvalue weighted by atomic mass is 10.0. The fourth-order valence-electron chi connectivity index (χ4n) is 2.53. The standard InChI is InChI=1S/C19H13Cl2F3N2O2/c20-15-7-6-14(9-16(15)21)26-17(27)8-3-12-10-25-28-18(12)11-1-4-13(5-2-11)19(22,23)24/h1-2,4-7,9-10H,3,8H2,(H,26,27). The molecule has 0 fully saturated rings. The van der Waals surface area contributed by atoms with E-state index in [2.05, 4.69) is 10.5 Å². The van der Waals surface area contributed by atoms with E-state index in [0.29, 0.717) is 39.0 Å². The predicted octanol–water partition coefficient (Wildman–Crippen LogP) is 6.24. The molecular formula is C19H13Cl2F3N2O2. The van der Waals surface area contributed by atoms with Crippen LogP contribution in [0.2, 0.25) is 10.0 Å². The summed E-state index contributed by atoms with van der Waals surface area (Å²) < 4.78 is 43.2. The lowest BCUT2D eigenvalue weighted by Gasteiger charge is -2.08. The summed E-state index contributed by atoms with van der Waals surface area (Å²) in [6.45, 7) is 0. The number of rotatable bonds is 5. The van der Waals surface area contributed by atoms with Crippen molar-refractivity contribution >= 4 is 34.8 Å². The maximum atomic E-state index is 12.7. The summed E-state index contributed by atoms with van der Waals surface area (Å²) in [6, 6.07) is 9.29. The number of nitrogens with one attached hydrogen (secondary N) is 1. The van der Waals surface area contributed by atoms with Crippen molar-refractivity contribution in [3.05, 3.63) is 69.8 Å². The van der Waals surface area contributed by atoms with Crippen LogP contribution in [-0.4, -0.2) is 11.1 Å². The molecule has 0 unspecified atom stereocenters. The van der Waals surface area contributed by atoms with Crippen molar-refractivity contribution in [1.82, 2.24) is 5.16 Å². The van der Waals surface area contributed by atoms with Crippen LogP contribution in [0, 0.1) is 0 Å². The topological polar surface area (TPSA) is 55.1 Å². The Morgan fingerprint density at radius 1 is 1.07 bits per heavy atom. The van der Waals surface area contributed by atoms with Crippen molar-refractivity contribution < 1.29 is 22.5 Å². The molecule has 9 heteroatoms. The van der Waals surface area contributed by atoms with E-state index in [1.54, 1.807) is 12.1 Å². The Bertz CT molecular complexity index is 986. The molecule has 0 atom stereocenters. The third-order valence-electron chi connectivity index (χ3n) is 3.94. The summed E-state index contributed by atoms with van der Waals surface area (Å²) in [6.07, 6.45) is -2.55. The number of nitrogens with zero attached hydrogens (tertiary/aromatic N) is 1. The summed E-state index contributed by atoms with van der Waals surface area (Å²) in [5.41, 5.74) is 0.820. The molecule has 3 aromatic rings. The van der Waals surface area contributed by atoms with Crippen molar-refractivity contribution in [1.29, 1.82) is 0 Å². The van der Waals surface area contributed by atoms with E-state index in [1.165, 1.54) is 24.4 Å². The number of hydrogen-bond donors (Lipinski definition) is 1. The molecule has 0 bridgehead atoms. The van der Waals surface area contributed by atoms with Crippen LogP contribution in [0.25, 0.3) is 11.3 Å². The van der Waals surface area contributed by atoms with E-state index in [0.717, 1.165) is 12.1 Å². The van der Waals surface area contributed by atoms with E-state index >= 15 is 0 Å². The molecule has 1 N–H and O–H groups in total. The van der Waals surface area contributed by atoms with Crippen LogP contribution in [-0.2, 0) is 17.4 Å². The number of aryl methyl sites for hydroxylation is 1. The smallest absolute Gasteiger partial charge is 0.356 e. The first-order valence-electron chi connectivity index (χ1n) is 8.10. The molecule has 0 radical (unpaired) electrons. The van der Waals surface area contributed by atoms with Gasteiger partial charge in [0.15, 0.2) is 5.76 Å². The van der Waals surface area contributed by atoms with Crippen LogP contribution in [0.15, 0.2) is 53.2 Å². The second-order valence-corrected chi connectivity index (χ2v) is 6.75. The van der Waals surface area contributed by atoms with Crippen LogP contribution >= 0.6 is 23.2 Å². The number of carbonyl (C=O) groups is 1. The highest BCUT2D eigenvalue weighted by Crippen LogP contribution is 2.32. The van der Waals surface area contributed by atoms with Crippen molar-refractivity contribution in [2.45, 2.75) is 19.0 Å². The summed E-state index contributed by atoms with van der Waals surface area (Å²) in [5, 5.41) is 7.09. The summed E-state index contributed by atoms with van der Waals surface area (Å²) in [5.74, 6) is 0.0639. The van der Waals surface area contributed by atoms with Gasteiger partial charge in [-0.3, -0.25) is 4.79 Å². The molecule has 3 rings (SSSR count). The minimum absolute atomic E-state index is 0.120. The van der Waals surface area contributed by atoms with Gasteiger partial charge < -0.3 is 9.84 Å². The Morgan fingerprint density at radius 3 is 2.43 bits per heavy atom. The minimum Gasteiger partial charge on any atom is -0.356 e. The molecule has 146 valence electrons. The van der Waals surface area contributed by atoms with Gasteiger partial charge in [0.2, 0.25) is 5.91 Å². The average Bonchev–Trinajstić information content (AvgIpc) is 3.11. The summed E-state index contributed by atoms with van der Waals surface area (Å²) in [7, 11) is 0. The highest BCUT2D eigenvalue weighted by atomic mass is 35.5. The Hall–Kier alpha value is -2.51. The molecule has 0 spiro atoms. The maximum absolute atomic E-state index is 12.7. The van der Waals surface area contributed by atoms with E-state index in [9.17, 15) is 18.0 Å². The molecule has 28 heavy (non-hydrogen) atoms. The Labute approximate surface area is 168 Å². The lowest BCUT2D eigenvalue weighted by Crippen LogP contribution is -2.12. The molecule has 4 nitrogen and oxygen atoms in total. The molecule has 0 aliphatic carbocycles. The zero-order valence-electron chi connectivity index (χ0n) is 14.2. The Balaban J connectivity index is 1.65. The third kappa shape index (κ3) is 4.85. The maximum Gasteiger partial charge on any atom is 0.416 e. The quantitative estimate of drug-likeness (QED) is 0.523. The van der Waals surface area contributed by atoms with E-state index in [4.69, 9.17) is 27.7 Å². The average molecular weight is 429 g/mol. The third-order valence-corrected chi connectivity index (χ3v) is 4.68. The zero-order chi connectivity index (χ0) is 20.3. The van der Waals surface area contributed by atoms with Crippen LogP contribution < -0.4 is 5.32 Å². The molecule has 1 aromatic heterocycles. The zero-order valence-corrected chi connectivity index (χ0v) is 15.7. The molecule has 1 amide bonds. The van der Waals surface area contributed by atoms with Crippen LogP contribution in [0.3, 0.4) is 0 Å². The van der Waals surface area contributed by atoms with Crippen molar-refractivity contribution in [2.24, 2.45) is 0 Å². The molecule has 0 saturated carbocycles. The van der Waals surface area contributed by atoms with Gasteiger partial charge in [-0.05, 0) is 36.8 Å². The van der Waals surface area contributed by atoms with Gasteiger partial charge in [-0.2, -0.15) is 13.2 Å². The van der Waals surface area contributed by atoms with Gasteiger partial charge in [0, 0.05) is 23.2 Å². The second-order valence-electron chi connectivity index (χ2n) is 5.93. The van der Waals surface area contributed by atoms with Crippen LogP contribution in [0.4, 0.5) is 18.9 Å². The molecular weight excluding hydrogens is 416 g/mol. The van der Waals surface area contributed by atoms with Gasteiger partial charge in [0.1, 0.15) is 0 Å². The first kappa shape index (κ1) is 20.2. The van der Waals surface area contributed by atoms with E-state index < -0.39 is 11.7 Å². The largest absolute Gasteiger partial charge is 0.416 e. The van der Waals surface area contributed by atoms with Crippen LogP contribution in [0.5, 0.6) is 0 Å². The highest BCUT2D eigenvalue weighted by Gasteiger charge is 2.30. The first-order valence-corrected chi connectivity index (χ1v) is 8.86. The molecule has 2 aromatic carbocycles. The molecule has 0 aliphatic heterocycles. The number of amides is 1. The second kappa shape index (κ2) is 8.24. The number of alkyl halides is 3. The number of benzene rings is 2. The normalized spacial score (nSPS) is 11.5. The number of hydrogen-bond acceptors (Lipinski definition) is 3. The lowest BCUT2D eigenvalue weighted by molar-refractivity contribution is -0.137. The van der Waals surface area contributed by atoms with Crippen molar-refractivity contribution in [3.8, 4) is 11.3 Å². The number of anilines is 1. The summed E-state index contributed by atoms with van der Waals surface area (Å²) >= 11 is 11.7. The number of carbonyl (C=O) groups excluding carboxylic acids is 1.